The van der Waals surface area contributed by atoms with Gasteiger partial charge >= 0.3 is 0 Å². The van der Waals surface area contributed by atoms with E-state index in [0.29, 0.717) is 19.8 Å². The highest BCUT2D eigenvalue weighted by molar-refractivity contribution is 5.83. The number of nitrogens with one attached hydrogen (secondary N) is 1. The smallest absolute Gasteiger partial charge is 0.247 e. The molecule has 1 aromatic carbocycles. The van der Waals surface area contributed by atoms with Gasteiger partial charge in [-0.2, -0.15) is 5.10 Å². The van der Waals surface area contributed by atoms with Gasteiger partial charge in [0.15, 0.2) is 11.5 Å². The average Bonchev–Trinajstić information content (AvgIpc) is 3.05. The van der Waals surface area contributed by atoms with E-state index in [2.05, 4.69) is 10.4 Å². The van der Waals surface area contributed by atoms with Gasteiger partial charge in [-0.3, -0.25) is 9.48 Å². The molecule has 1 aliphatic rings. The molecule has 3 rings (SSSR count). The van der Waals surface area contributed by atoms with Gasteiger partial charge in [0.25, 0.3) is 0 Å². The molecule has 1 aliphatic heterocycles. The van der Waals surface area contributed by atoms with Crippen LogP contribution in [0, 0.1) is 0 Å². The van der Waals surface area contributed by atoms with Crippen molar-refractivity contribution in [1.29, 1.82) is 0 Å². The largest absolute Gasteiger partial charge is 0.486 e. The summed E-state index contributed by atoms with van der Waals surface area (Å²) in [6.07, 6.45) is 3.63. The summed E-state index contributed by atoms with van der Waals surface area (Å²) >= 11 is 0. The van der Waals surface area contributed by atoms with E-state index in [1.165, 1.54) is 0 Å². The first kappa shape index (κ1) is 15.4. The predicted octanol–water partition coefficient (Wildman–Crippen LogP) is 2.19. The maximum absolute atomic E-state index is 12.2. The van der Waals surface area contributed by atoms with Crippen molar-refractivity contribution in [3.8, 4) is 22.6 Å². The van der Waals surface area contributed by atoms with Gasteiger partial charge in [-0.05, 0) is 38.5 Å². The maximum atomic E-state index is 12.2. The molecule has 1 amide bonds. The highest BCUT2D eigenvalue weighted by atomic mass is 16.6. The van der Waals surface area contributed by atoms with E-state index in [9.17, 15) is 4.79 Å². The van der Waals surface area contributed by atoms with Crippen LogP contribution in [-0.4, -0.2) is 35.4 Å². The SMILES string of the molecule is CCNC(=O)C(C)(C)n1cc(-c2ccc3c(c2)OCCO3)cn1. The zero-order chi connectivity index (χ0) is 16.4. The number of ether oxygens (including phenoxy) is 2. The van der Waals surface area contributed by atoms with Crippen LogP contribution in [0.1, 0.15) is 20.8 Å². The molecule has 23 heavy (non-hydrogen) atoms. The van der Waals surface area contributed by atoms with Gasteiger partial charge in [-0.25, -0.2) is 0 Å². The Hall–Kier alpha value is -2.50. The number of benzene rings is 1. The van der Waals surface area contributed by atoms with E-state index in [0.717, 1.165) is 22.6 Å². The van der Waals surface area contributed by atoms with Gasteiger partial charge in [0, 0.05) is 18.3 Å². The molecule has 6 nitrogen and oxygen atoms in total. The van der Waals surface area contributed by atoms with Crippen molar-refractivity contribution in [2.75, 3.05) is 19.8 Å². The highest BCUT2D eigenvalue weighted by Crippen LogP contribution is 2.34. The lowest BCUT2D eigenvalue weighted by molar-refractivity contribution is -0.128. The minimum atomic E-state index is -0.748. The zero-order valence-electron chi connectivity index (χ0n) is 13.6. The van der Waals surface area contributed by atoms with Crippen molar-refractivity contribution in [3.63, 3.8) is 0 Å². The van der Waals surface area contributed by atoms with E-state index in [1.54, 1.807) is 10.9 Å². The maximum Gasteiger partial charge on any atom is 0.247 e. The van der Waals surface area contributed by atoms with Crippen LogP contribution in [0.4, 0.5) is 0 Å². The Bertz CT molecular complexity index is 722. The molecule has 0 saturated heterocycles. The van der Waals surface area contributed by atoms with Crippen LogP contribution in [0.2, 0.25) is 0 Å². The van der Waals surface area contributed by atoms with Crippen LogP contribution in [0.15, 0.2) is 30.6 Å². The molecular weight excluding hydrogens is 294 g/mol. The molecule has 0 unspecified atom stereocenters. The summed E-state index contributed by atoms with van der Waals surface area (Å²) in [6, 6.07) is 5.80. The molecule has 0 bridgehead atoms. The molecule has 0 saturated carbocycles. The van der Waals surface area contributed by atoms with Crippen LogP contribution >= 0.6 is 0 Å². The van der Waals surface area contributed by atoms with E-state index < -0.39 is 5.54 Å². The molecule has 1 N–H and O–H groups in total. The first-order chi connectivity index (χ1) is 11.0. The summed E-state index contributed by atoms with van der Waals surface area (Å²) in [7, 11) is 0. The van der Waals surface area contributed by atoms with Crippen LogP contribution in [0.25, 0.3) is 11.1 Å². The van der Waals surface area contributed by atoms with Crippen molar-refractivity contribution in [2.45, 2.75) is 26.3 Å². The van der Waals surface area contributed by atoms with Crippen LogP contribution in [-0.2, 0) is 10.3 Å². The molecule has 0 fully saturated rings. The van der Waals surface area contributed by atoms with Crippen molar-refractivity contribution < 1.29 is 14.3 Å². The van der Waals surface area contributed by atoms with Gasteiger partial charge in [0.05, 0.1) is 6.20 Å². The fourth-order valence-electron chi connectivity index (χ4n) is 2.48. The van der Waals surface area contributed by atoms with Gasteiger partial charge in [-0.1, -0.05) is 6.07 Å². The summed E-state index contributed by atoms with van der Waals surface area (Å²) in [4.78, 5) is 12.2. The zero-order valence-corrected chi connectivity index (χ0v) is 13.6. The van der Waals surface area contributed by atoms with Gasteiger partial charge in [-0.15, -0.1) is 0 Å². The van der Waals surface area contributed by atoms with E-state index in [-0.39, 0.29) is 5.91 Å². The Balaban J connectivity index is 1.88. The molecule has 0 atom stereocenters. The van der Waals surface area contributed by atoms with Gasteiger partial charge in [0.2, 0.25) is 5.91 Å². The second-order valence-electron chi connectivity index (χ2n) is 5.95. The third kappa shape index (κ3) is 2.88. The summed E-state index contributed by atoms with van der Waals surface area (Å²) in [6.45, 7) is 7.32. The van der Waals surface area contributed by atoms with Crippen LogP contribution in [0.5, 0.6) is 11.5 Å². The third-order valence-electron chi connectivity index (χ3n) is 3.92. The monoisotopic (exact) mass is 315 g/mol. The first-order valence-corrected chi connectivity index (χ1v) is 7.76. The minimum absolute atomic E-state index is 0.0585. The molecular formula is C17H21N3O3. The van der Waals surface area contributed by atoms with Crippen molar-refractivity contribution >= 4 is 5.91 Å². The second-order valence-corrected chi connectivity index (χ2v) is 5.95. The average molecular weight is 315 g/mol. The molecule has 1 aromatic heterocycles. The first-order valence-electron chi connectivity index (χ1n) is 7.76. The van der Waals surface area contributed by atoms with Gasteiger partial charge < -0.3 is 14.8 Å². The number of rotatable bonds is 4. The topological polar surface area (TPSA) is 65.4 Å². The van der Waals surface area contributed by atoms with Crippen LogP contribution < -0.4 is 14.8 Å². The Morgan fingerprint density at radius 3 is 2.74 bits per heavy atom. The predicted molar refractivity (Wildman–Crippen MR) is 86.7 cm³/mol. The summed E-state index contributed by atoms with van der Waals surface area (Å²) in [5.74, 6) is 1.44. The standard InChI is InChI=1S/C17H21N3O3/c1-4-18-16(21)17(2,3)20-11-13(10-19-20)12-5-6-14-15(9-12)23-8-7-22-14/h5-6,9-11H,4,7-8H2,1-3H3,(H,18,21). The highest BCUT2D eigenvalue weighted by Gasteiger charge is 2.30. The number of carbonyl (C=O) groups excluding carboxylic acids is 1. The lowest BCUT2D eigenvalue weighted by Gasteiger charge is -2.23. The van der Waals surface area contributed by atoms with E-state index in [1.807, 2.05) is 45.2 Å². The van der Waals surface area contributed by atoms with Crippen molar-refractivity contribution in [3.05, 3.63) is 30.6 Å². The fraction of sp³-hybridized carbons (Fsp3) is 0.412. The number of amides is 1. The number of carbonyl (C=O) groups is 1. The molecule has 2 aromatic rings. The lowest BCUT2D eigenvalue weighted by atomic mass is 10.0. The second kappa shape index (κ2) is 5.95. The lowest BCUT2D eigenvalue weighted by Crippen LogP contribution is -2.44. The molecule has 2 heterocycles. The normalized spacial score (nSPS) is 13.7. The number of fused-ring (bicyclic) bond motifs is 1. The molecule has 0 radical (unpaired) electrons. The molecule has 0 aliphatic carbocycles. The minimum Gasteiger partial charge on any atom is -0.486 e. The Labute approximate surface area is 135 Å². The molecule has 6 heteroatoms. The summed E-state index contributed by atoms with van der Waals surface area (Å²) < 4.78 is 12.8. The van der Waals surface area contributed by atoms with E-state index >= 15 is 0 Å². The van der Waals surface area contributed by atoms with Gasteiger partial charge in [0.1, 0.15) is 18.8 Å². The van der Waals surface area contributed by atoms with Crippen molar-refractivity contribution in [2.24, 2.45) is 0 Å². The number of hydrogen-bond donors (Lipinski definition) is 1. The van der Waals surface area contributed by atoms with E-state index in [4.69, 9.17) is 9.47 Å². The summed E-state index contributed by atoms with van der Waals surface area (Å²) in [5.41, 5.74) is 1.16. The Morgan fingerprint density at radius 1 is 1.26 bits per heavy atom. The summed E-state index contributed by atoms with van der Waals surface area (Å²) in [5, 5.41) is 7.20. The number of likely N-dealkylation sites (N-methyl/N-ethyl adjacent to an activating group) is 1. The molecule has 0 spiro atoms. The van der Waals surface area contributed by atoms with Crippen LogP contribution in [0.3, 0.4) is 0 Å². The Kier molecular flexibility index (Phi) is 3.98. The number of nitrogens with zero attached hydrogens (tertiary/aromatic N) is 2. The Morgan fingerprint density at radius 2 is 2.00 bits per heavy atom. The van der Waals surface area contributed by atoms with Crippen molar-refractivity contribution in [1.82, 2.24) is 15.1 Å². The third-order valence-corrected chi connectivity index (χ3v) is 3.92. The number of hydrogen-bond acceptors (Lipinski definition) is 4. The molecule has 122 valence electrons. The quantitative estimate of drug-likeness (QED) is 0.939. The number of aromatic nitrogens is 2. The fourth-order valence-corrected chi connectivity index (χ4v) is 2.48.